The number of carbonyl (C=O) groups excluding carboxylic acids is 1. The standard InChI is InChI=1S/C18H18F3N7O/c1-11-8-22-12(2)28-17(11)23-13(25-28)5-6-14-24-15(27-7-3-4-16(27)29)9-26(14)10-18(19,20)21/h5-6,8-9H,3-4,7,10H2,1-2H3/b6-5+. The van der Waals surface area contributed by atoms with Gasteiger partial charge in [0.2, 0.25) is 5.91 Å². The average Bonchev–Trinajstić information content (AvgIpc) is 3.34. The first-order valence-electron chi connectivity index (χ1n) is 9.02. The fourth-order valence-corrected chi connectivity index (χ4v) is 3.22. The SMILES string of the molecule is Cc1cnc(C)n2nc(/C=C/c3nc(N4CCCC4=O)cn3CC(F)(F)F)nc12. The molecule has 8 nitrogen and oxygen atoms in total. The molecule has 152 valence electrons. The summed E-state index contributed by atoms with van der Waals surface area (Å²) in [4.78, 5) is 26.2. The summed E-state index contributed by atoms with van der Waals surface area (Å²) < 4.78 is 41.5. The minimum Gasteiger partial charge on any atom is -0.320 e. The molecule has 0 N–H and O–H groups in total. The zero-order valence-corrected chi connectivity index (χ0v) is 15.8. The first-order chi connectivity index (χ1) is 13.7. The third kappa shape index (κ3) is 3.84. The number of hydrogen-bond donors (Lipinski definition) is 0. The van der Waals surface area contributed by atoms with E-state index in [1.807, 2.05) is 6.92 Å². The van der Waals surface area contributed by atoms with Crippen molar-refractivity contribution in [1.82, 2.24) is 29.1 Å². The normalized spacial score (nSPS) is 15.3. The Bertz CT molecular complexity index is 1070. The van der Waals surface area contributed by atoms with Crippen molar-refractivity contribution < 1.29 is 18.0 Å². The highest BCUT2D eigenvalue weighted by atomic mass is 19.4. The van der Waals surface area contributed by atoms with E-state index in [1.165, 1.54) is 23.2 Å². The number of amides is 1. The summed E-state index contributed by atoms with van der Waals surface area (Å²) in [5, 5.41) is 4.32. The number of fused-ring (bicyclic) bond motifs is 1. The highest BCUT2D eigenvalue weighted by Crippen LogP contribution is 2.25. The van der Waals surface area contributed by atoms with Gasteiger partial charge < -0.3 is 4.57 Å². The lowest BCUT2D eigenvalue weighted by molar-refractivity contribution is -0.140. The van der Waals surface area contributed by atoms with Crippen molar-refractivity contribution in [3.63, 3.8) is 0 Å². The van der Waals surface area contributed by atoms with Gasteiger partial charge in [-0.05, 0) is 32.4 Å². The van der Waals surface area contributed by atoms with E-state index >= 15 is 0 Å². The van der Waals surface area contributed by atoms with Gasteiger partial charge in [0.15, 0.2) is 17.3 Å². The first kappa shape index (κ1) is 19.1. The smallest absolute Gasteiger partial charge is 0.320 e. The zero-order valence-electron chi connectivity index (χ0n) is 15.8. The van der Waals surface area contributed by atoms with Gasteiger partial charge in [-0.3, -0.25) is 9.69 Å². The predicted octanol–water partition coefficient (Wildman–Crippen LogP) is 2.80. The number of imidazole rings is 1. The van der Waals surface area contributed by atoms with Gasteiger partial charge in [0.1, 0.15) is 18.2 Å². The van der Waals surface area contributed by atoms with Crippen LogP contribution in [0.1, 0.15) is 35.9 Å². The number of rotatable bonds is 4. The Hall–Kier alpha value is -3.24. The maximum Gasteiger partial charge on any atom is 0.406 e. The van der Waals surface area contributed by atoms with E-state index in [0.29, 0.717) is 36.7 Å². The van der Waals surface area contributed by atoms with Crippen LogP contribution in [0.3, 0.4) is 0 Å². The molecule has 0 saturated carbocycles. The minimum atomic E-state index is -4.42. The van der Waals surface area contributed by atoms with Crippen molar-refractivity contribution in [3.05, 3.63) is 35.4 Å². The molecule has 4 rings (SSSR count). The summed E-state index contributed by atoms with van der Waals surface area (Å²) in [6.07, 6.45) is 2.47. The van der Waals surface area contributed by atoms with Gasteiger partial charge in [-0.2, -0.15) is 17.7 Å². The van der Waals surface area contributed by atoms with Crippen LogP contribution >= 0.6 is 0 Å². The molecule has 11 heteroatoms. The quantitative estimate of drug-likeness (QED) is 0.667. The monoisotopic (exact) mass is 405 g/mol. The van der Waals surface area contributed by atoms with Crippen LogP contribution in [-0.4, -0.2) is 47.8 Å². The van der Waals surface area contributed by atoms with Crippen LogP contribution in [0.15, 0.2) is 12.4 Å². The summed E-state index contributed by atoms with van der Waals surface area (Å²) in [6.45, 7) is 2.87. The van der Waals surface area contributed by atoms with Crippen molar-refractivity contribution in [2.24, 2.45) is 0 Å². The summed E-state index contributed by atoms with van der Waals surface area (Å²) in [5.41, 5.74) is 1.45. The molecule has 29 heavy (non-hydrogen) atoms. The molecule has 3 aromatic heterocycles. The van der Waals surface area contributed by atoms with Crippen LogP contribution in [-0.2, 0) is 11.3 Å². The molecule has 1 aliphatic rings. The maximum absolute atomic E-state index is 13.0. The van der Waals surface area contributed by atoms with Gasteiger partial charge >= 0.3 is 6.18 Å². The second-order valence-electron chi connectivity index (χ2n) is 6.88. The van der Waals surface area contributed by atoms with Crippen molar-refractivity contribution in [2.45, 2.75) is 39.4 Å². The Kier molecular flexibility index (Phi) is 4.59. The number of anilines is 1. The van der Waals surface area contributed by atoms with Crippen LogP contribution in [0.2, 0.25) is 0 Å². The van der Waals surface area contributed by atoms with E-state index in [1.54, 1.807) is 17.6 Å². The molecule has 0 aromatic carbocycles. The van der Waals surface area contributed by atoms with E-state index in [2.05, 4.69) is 20.1 Å². The van der Waals surface area contributed by atoms with E-state index in [-0.39, 0.29) is 17.5 Å². The van der Waals surface area contributed by atoms with Crippen molar-refractivity contribution in [3.8, 4) is 0 Å². The molecule has 0 aliphatic carbocycles. The van der Waals surface area contributed by atoms with E-state index < -0.39 is 12.7 Å². The molecular formula is C18H18F3N7O. The maximum atomic E-state index is 13.0. The van der Waals surface area contributed by atoms with Gasteiger partial charge in [-0.15, -0.1) is 5.10 Å². The molecule has 4 heterocycles. The largest absolute Gasteiger partial charge is 0.406 e. The molecule has 0 radical (unpaired) electrons. The molecule has 0 spiro atoms. The number of nitrogens with zero attached hydrogens (tertiary/aromatic N) is 7. The Morgan fingerprint density at radius 3 is 2.66 bits per heavy atom. The summed E-state index contributed by atoms with van der Waals surface area (Å²) >= 11 is 0. The summed E-state index contributed by atoms with van der Waals surface area (Å²) in [6, 6.07) is 0. The number of halogens is 3. The van der Waals surface area contributed by atoms with Gasteiger partial charge in [0.05, 0.1) is 0 Å². The van der Waals surface area contributed by atoms with Crippen molar-refractivity contribution in [1.29, 1.82) is 0 Å². The van der Waals surface area contributed by atoms with E-state index in [4.69, 9.17) is 0 Å². The Morgan fingerprint density at radius 2 is 2.00 bits per heavy atom. The first-order valence-corrected chi connectivity index (χ1v) is 9.02. The molecular weight excluding hydrogens is 387 g/mol. The number of aromatic nitrogens is 6. The number of carbonyl (C=O) groups is 1. The molecule has 1 amide bonds. The summed E-state index contributed by atoms with van der Waals surface area (Å²) in [5.74, 6) is 1.12. The highest BCUT2D eigenvalue weighted by Gasteiger charge is 2.31. The van der Waals surface area contributed by atoms with Crippen LogP contribution in [0, 0.1) is 13.8 Å². The van der Waals surface area contributed by atoms with Crippen LogP contribution in [0.5, 0.6) is 0 Å². The van der Waals surface area contributed by atoms with Crippen LogP contribution < -0.4 is 4.90 Å². The second kappa shape index (κ2) is 6.98. The van der Waals surface area contributed by atoms with Crippen LogP contribution in [0.4, 0.5) is 19.0 Å². The topological polar surface area (TPSA) is 81.2 Å². The van der Waals surface area contributed by atoms with Crippen LogP contribution in [0.25, 0.3) is 17.8 Å². The molecule has 1 aliphatic heterocycles. The highest BCUT2D eigenvalue weighted by molar-refractivity contribution is 5.94. The second-order valence-corrected chi connectivity index (χ2v) is 6.88. The fourth-order valence-electron chi connectivity index (χ4n) is 3.22. The molecule has 3 aromatic rings. The average molecular weight is 405 g/mol. The Balaban J connectivity index is 1.69. The molecule has 0 atom stereocenters. The molecule has 1 saturated heterocycles. The van der Waals surface area contributed by atoms with Gasteiger partial charge in [-0.25, -0.2) is 15.0 Å². The molecule has 0 bridgehead atoms. The number of hydrogen-bond acceptors (Lipinski definition) is 5. The van der Waals surface area contributed by atoms with E-state index in [0.717, 1.165) is 10.1 Å². The zero-order chi connectivity index (χ0) is 20.8. The molecule has 0 unspecified atom stereocenters. The number of alkyl halides is 3. The third-order valence-corrected chi connectivity index (χ3v) is 4.60. The van der Waals surface area contributed by atoms with Crippen molar-refractivity contribution >= 4 is 29.5 Å². The third-order valence-electron chi connectivity index (χ3n) is 4.60. The Labute approximate surface area is 163 Å². The minimum absolute atomic E-state index is 0.0717. The van der Waals surface area contributed by atoms with Gasteiger partial charge in [-0.1, -0.05) is 0 Å². The van der Waals surface area contributed by atoms with Gasteiger partial charge in [0, 0.05) is 30.9 Å². The number of aryl methyl sites for hydroxylation is 2. The predicted molar refractivity (Wildman–Crippen MR) is 99.1 cm³/mol. The lowest BCUT2D eigenvalue weighted by atomic mass is 10.3. The van der Waals surface area contributed by atoms with Crippen molar-refractivity contribution in [2.75, 3.05) is 11.4 Å². The summed E-state index contributed by atoms with van der Waals surface area (Å²) in [7, 11) is 0. The van der Waals surface area contributed by atoms with Gasteiger partial charge in [0.25, 0.3) is 0 Å². The Morgan fingerprint density at radius 1 is 1.21 bits per heavy atom. The molecule has 1 fully saturated rings. The fraction of sp³-hybridized carbons (Fsp3) is 0.389. The lowest BCUT2D eigenvalue weighted by Gasteiger charge is -2.11. The van der Waals surface area contributed by atoms with E-state index in [9.17, 15) is 18.0 Å². The lowest BCUT2D eigenvalue weighted by Crippen LogP contribution is -2.24.